The van der Waals surface area contributed by atoms with Gasteiger partial charge in [0.1, 0.15) is 11.6 Å². The molecule has 12 heteroatoms. The molecule has 0 fully saturated rings. The van der Waals surface area contributed by atoms with E-state index in [9.17, 15) is 35.5 Å². The van der Waals surface area contributed by atoms with E-state index < -0.39 is 42.2 Å². The molecule has 0 heterocycles. The minimum atomic E-state index is -6.11. The van der Waals surface area contributed by atoms with Crippen LogP contribution in [0.4, 0.5) is 35.5 Å². The third-order valence-corrected chi connectivity index (χ3v) is 3.94. The molecule has 2 rings (SSSR count). The highest BCUT2D eigenvalue weighted by molar-refractivity contribution is 6.31. The number of ether oxygens (including phenoxy) is 1. The van der Waals surface area contributed by atoms with E-state index in [0.29, 0.717) is 24.3 Å². The number of urea groups is 1. The fourth-order valence-corrected chi connectivity index (χ4v) is 2.35. The van der Waals surface area contributed by atoms with Gasteiger partial charge in [-0.3, -0.25) is 5.32 Å². The molecule has 0 unspecified atom stereocenters. The first-order chi connectivity index (χ1) is 13.4. The first-order valence-corrected chi connectivity index (χ1v) is 8.11. The number of rotatable bonds is 5. The summed E-state index contributed by atoms with van der Waals surface area (Å²) in [5.41, 5.74) is -4.82. The first kappa shape index (κ1) is 22.6. The second-order valence-electron chi connectivity index (χ2n) is 5.63. The maximum Gasteiger partial charge on any atom is 0.458 e. The molecule has 0 saturated carbocycles. The van der Waals surface area contributed by atoms with E-state index in [2.05, 4.69) is 4.74 Å². The summed E-state index contributed by atoms with van der Waals surface area (Å²) < 4.78 is 97.7. The zero-order chi connectivity index (χ0) is 21.9. The molecule has 2 aromatic rings. The average Bonchev–Trinajstić information content (AvgIpc) is 2.60. The number of halogens is 8. The van der Waals surface area contributed by atoms with Crippen molar-refractivity contribution in [2.75, 3.05) is 0 Å². The van der Waals surface area contributed by atoms with Crippen LogP contribution in [-0.2, 0) is 6.54 Å². The van der Waals surface area contributed by atoms with Crippen molar-refractivity contribution >= 4 is 17.6 Å². The lowest BCUT2D eigenvalue weighted by Crippen LogP contribution is -2.72. The Kier molecular flexibility index (Phi) is 6.51. The SMILES string of the molecule is O=C(NCc1ccccc1Cl)NC(Oc1ccc(F)cc1)(C(F)(F)F)C(F)(F)F. The lowest BCUT2D eigenvalue weighted by Gasteiger charge is -2.37. The predicted octanol–water partition coefficient (Wildman–Crippen LogP) is 5.18. The van der Waals surface area contributed by atoms with Crippen LogP contribution in [-0.4, -0.2) is 24.1 Å². The van der Waals surface area contributed by atoms with Crippen molar-refractivity contribution in [3.63, 3.8) is 0 Å². The minimum absolute atomic E-state index is 0.147. The van der Waals surface area contributed by atoms with Gasteiger partial charge in [0.05, 0.1) is 0 Å². The van der Waals surface area contributed by atoms with Crippen molar-refractivity contribution in [2.45, 2.75) is 24.6 Å². The molecular formula is C17H12ClF7N2O2. The van der Waals surface area contributed by atoms with Crippen molar-refractivity contribution in [2.24, 2.45) is 0 Å². The van der Waals surface area contributed by atoms with Gasteiger partial charge >= 0.3 is 24.1 Å². The number of alkyl halides is 6. The standard InChI is InChI=1S/C17H12ClF7N2O2/c18-13-4-2-1-3-10(13)9-26-14(28)27-15(16(20,21)22,17(23,24)25)29-12-7-5-11(19)6-8-12/h1-8H,9H2,(H2,26,27,28). The molecule has 0 spiro atoms. The van der Waals surface area contributed by atoms with E-state index in [1.54, 1.807) is 6.07 Å². The van der Waals surface area contributed by atoms with Gasteiger partial charge < -0.3 is 10.1 Å². The van der Waals surface area contributed by atoms with Crippen LogP contribution >= 0.6 is 11.6 Å². The summed E-state index contributed by atoms with van der Waals surface area (Å²) in [6.07, 6.45) is -12.2. The fourth-order valence-electron chi connectivity index (χ4n) is 2.14. The van der Waals surface area contributed by atoms with Crippen LogP contribution in [0, 0.1) is 5.82 Å². The van der Waals surface area contributed by atoms with E-state index in [4.69, 9.17) is 11.6 Å². The summed E-state index contributed by atoms with van der Waals surface area (Å²) in [5, 5.41) is 2.81. The third kappa shape index (κ3) is 5.22. The molecule has 0 saturated heterocycles. The van der Waals surface area contributed by atoms with Gasteiger partial charge in [0, 0.05) is 11.6 Å². The monoisotopic (exact) mass is 444 g/mol. The van der Waals surface area contributed by atoms with Gasteiger partial charge in [-0.25, -0.2) is 9.18 Å². The van der Waals surface area contributed by atoms with Crippen LogP contribution in [0.25, 0.3) is 0 Å². The molecule has 0 aliphatic heterocycles. The van der Waals surface area contributed by atoms with Gasteiger partial charge in [-0.2, -0.15) is 26.3 Å². The van der Waals surface area contributed by atoms with Crippen molar-refractivity contribution in [3.8, 4) is 5.75 Å². The molecule has 0 aromatic heterocycles. The topological polar surface area (TPSA) is 50.4 Å². The van der Waals surface area contributed by atoms with Crippen LogP contribution in [0.3, 0.4) is 0 Å². The number of benzene rings is 2. The van der Waals surface area contributed by atoms with Crippen molar-refractivity contribution in [1.82, 2.24) is 10.6 Å². The summed E-state index contributed by atoms with van der Waals surface area (Å²) in [7, 11) is 0. The third-order valence-electron chi connectivity index (χ3n) is 3.57. The zero-order valence-corrected chi connectivity index (χ0v) is 14.9. The van der Waals surface area contributed by atoms with Crippen molar-refractivity contribution < 1.29 is 40.3 Å². The lowest BCUT2D eigenvalue weighted by atomic mass is 10.2. The maximum absolute atomic E-state index is 13.4. The van der Waals surface area contributed by atoms with Gasteiger partial charge in [-0.1, -0.05) is 29.8 Å². The Morgan fingerprint density at radius 1 is 0.931 bits per heavy atom. The van der Waals surface area contributed by atoms with E-state index in [-0.39, 0.29) is 10.6 Å². The summed E-state index contributed by atoms with van der Waals surface area (Å²) in [6.45, 7) is -0.451. The van der Waals surface area contributed by atoms with Gasteiger partial charge in [0.2, 0.25) is 0 Å². The molecular weight excluding hydrogens is 433 g/mol. The first-order valence-electron chi connectivity index (χ1n) is 7.73. The molecule has 158 valence electrons. The van der Waals surface area contributed by atoms with Crippen molar-refractivity contribution in [1.29, 1.82) is 0 Å². The van der Waals surface area contributed by atoms with E-state index in [1.165, 1.54) is 18.2 Å². The lowest BCUT2D eigenvalue weighted by molar-refractivity contribution is -0.364. The number of carbonyl (C=O) groups excluding carboxylic acids is 1. The number of carbonyl (C=O) groups is 1. The second-order valence-corrected chi connectivity index (χ2v) is 6.04. The van der Waals surface area contributed by atoms with Gasteiger partial charge in [0.25, 0.3) is 0 Å². The molecule has 0 aliphatic carbocycles. The highest BCUT2D eigenvalue weighted by Gasteiger charge is 2.75. The summed E-state index contributed by atoms with van der Waals surface area (Å²) in [5.74, 6) is -1.88. The highest BCUT2D eigenvalue weighted by atomic mass is 35.5. The summed E-state index contributed by atoms with van der Waals surface area (Å²) >= 11 is 5.82. The average molecular weight is 445 g/mol. The Balaban J connectivity index is 2.30. The molecule has 29 heavy (non-hydrogen) atoms. The Labute approximate surface area is 164 Å². The Bertz CT molecular complexity index is 840. The molecule has 0 bridgehead atoms. The molecule has 4 nitrogen and oxygen atoms in total. The van der Waals surface area contributed by atoms with E-state index in [1.807, 2.05) is 5.32 Å². The van der Waals surface area contributed by atoms with Gasteiger partial charge in [-0.05, 0) is 35.9 Å². The molecule has 2 N–H and O–H groups in total. The normalized spacial score (nSPS) is 12.4. The number of amides is 2. The second kappa shape index (κ2) is 8.36. The fraction of sp³-hybridized carbons (Fsp3) is 0.235. The number of hydrogen-bond acceptors (Lipinski definition) is 2. The molecule has 0 aliphatic rings. The molecule has 0 radical (unpaired) electrons. The summed E-state index contributed by atoms with van der Waals surface area (Å²) in [4.78, 5) is 11.9. The highest BCUT2D eigenvalue weighted by Crippen LogP contribution is 2.44. The van der Waals surface area contributed by atoms with Crippen molar-refractivity contribution in [3.05, 3.63) is 64.9 Å². The minimum Gasteiger partial charge on any atom is -0.451 e. The van der Waals surface area contributed by atoms with Gasteiger partial charge in [-0.15, -0.1) is 0 Å². The van der Waals surface area contributed by atoms with Crippen LogP contribution in [0.1, 0.15) is 5.56 Å². The van der Waals surface area contributed by atoms with E-state index in [0.717, 1.165) is 5.32 Å². The van der Waals surface area contributed by atoms with Crippen LogP contribution in [0.5, 0.6) is 5.75 Å². The number of nitrogens with one attached hydrogen (secondary N) is 2. The predicted molar refractivity (Wildman–Crippen MR) is 88.7 cm³/mol. The van der Waals surface area contributed by atoms with E-state index >= 15 is 0 Å². The maximum atomic E-state index is 13.4. The Morgan fingerprint density at radius 3 is 2.00 bits per heavy atom. The smallest absolute Gasteiger partial charge is 0.451 e. The number of hydrogen-bond donors (Lipinski definition) is 2. The molecule has 2 amide bonds. The quantitative estimate of drug-likeness (QED) is 0.493. The zero-order valence-electron chi connectivity index (χ0n) is 14.2. The van der Waals surface area contributed by atoms with Crippen LogP contribution in [0.15, 0.2) is 48.5 Å². The van der Waals surface area contributed by atoms with Crippen LogP contribution in [0.2, 0.25) is 5.02 Å². The largest absolute Gasteiger partial charge is 0.458 e. The summed E-state index contributed by atoms with van der Waals surface area (Å²) in [6, 6.07) is 6.39. The van der Waals surface area contributed by atoms with Crippen LogP contribution < -0.4 is 15.4 Å². The van der Waals surface area contributed by atoms with Gasteiger partial charge in [0.15, 0.2) is 0 Å². The Hall–Kier alpha value is -2.69. The molecule has 2 aromatic carbocycles. The molecule has 0 atom stereocenters. The Morgan fingerprint density at radius 2 is 1.48 bits per heavy atom.